The van der Waals surface area contributed by atoms with E-state index in [4.69, 9.17) is 4.74 Å². The number of urea groups is 1. The zero-order chi connectivity index (χ0) is 33.3. The van der Waals surface area contributed by atoms with Crippen LogP contribution in [-0.2, 0) is 19.3 Å². The molecule has 0 spiro atoms. The summed E-state index contributed by atoms with van der Waals surface area (Å²) in [5.41, 5.74) is 1.81. The first-order valence-electron chi connectivity index (χ1n) is 15.4. The SMILES string of the molecule is CC[C@H]1CN(C(=O)Nc2ccc(CN3CCN(C)CC3)c(C(F)(F)F)c2)Cc2cc(Oc3ncnc4[nH]c(C(=O)NC)cc34)cnc21. The lowest BCUT2D eigenvalue weighted by molar-refractivity contribution is -0.138. The van der Waals surface area contributed by atoms with Crippen LogP contribution in [0.3, 0.4) is 0 Å². The maximum absolute atomic E-state index is 14.1. The number of carbonyl (C=O) groups excluding carboxylic acids is 2. The summed E-state index contributed by atoms with van der Waals surface area (Å²) in [5.74, 6) is 0.192. The summed E-state index contributed by atoms with van der Waals surface area (Å²) in [7, 11) is 3.52. The van der Waals surface area contributed by atoms with Gasteiger partial charge in [-0.2, -0.15) is 13.2 Å². The van der Waals surface area contributed by atoms with E-state index in [-0.39, 0.29) is 42.0 Å². The number of ether oxygens (including phenoxy) is 1. The van der Waals surface area contributed by atoms with Crippen molar-refractivity contribution in [2.45, 2.75) is 38.5 Å². The van der Waals surface area contributed by atoms with Crippen LogP contribution in [0.5, 0.6) is 11.6 Å². The van der Waals surface area contributed by atoms with Gasteiger partial charge in [0, 0.05) is 64.5 Å². The van der Waals surface area contributed by atoms with Crippen molar-refractivity contribution < 1.29 is 27.5 Å². The Labute approximate surface area is 269 Å². The van der Waals surface area contributed by atoms with Gasteiger partial charge in [-0.1, -0.05) is 13.0 Å². The van der Waals surface area contributed by atoms with Crippen molar-refractivity contribution in [3.8, 4) is 11.6 Å². The van der Waals surface area contributed by atoms with Crippen LogP contribution < -0.4 is 15.4 Å². The van der Waals surface area contributed by atoms with Gasteiger partial charge in [0.2, 0.25) is 5.88 Å². The molecule has 1 aromatic carbocycles. The van der Waals surface area contributed by atoms with Crippen molar-refractivity contribution in [2.24, 2.45) is 0 Å². The fourth-order valence-electron chi connectivity index (χ4n) is 6.02. The predicted octanol–water partition coefficient (Wildman–Crippen LogP) is 4.81. The summed E-state index contributed by atoms with van der Waals surface area (Å²) in [6.07, 6.45) is -0.973. The number of amides is 3. The third-order valence-electron chi connectivity index (χ3n) is 8.68. The van der Waals surface area contributed by atoms with Crippen LogP contribution >= 0.6 is 0 Å². The number of aromatic nitrogens is 4. The van der Waals surface area contributed by atoms with Crippen LogP contribution in [-0.4, -0.2) is 93.4 Å². The minimum atomic E-state index is -4.57. The lowest BCUT2D eigenvalue weighted by Crippen LogP contribution is -2.44. The third kappa shape index (κ3) is 7.00. The molecule has 6 rings (SSSR count). The number of halogens is 3. The van der Waals surface area contributed by atoms with Gasteiger partial charge in [0.1, 0.15) is 23.4 Å². The maximum Gasteiger partial charge on any atom is 0.416 e. The topological polar surface area (TPSA) is 132 Å². The number of nitrogens with one attached hydrogen (secondary N) is 3. The fourth-order valence-corrected chi connectivity index (χ4v) is 6.02. The third-order valence-corrected chi connectivity index (χ3v) is 8.68. The molecule has 0 saturated carbocycles. The van der Waals surface area contributed by atoms with Crippen LogP contribution in [0.2, 0.25) is 0 Å². The molecule has 47 heavy (non-hydrogen) atoms. The maximum atomic E-state index is 14.1. The van der Waals surface area contributed by atoms with Gasteiger partial charge in [-0.15, -0.1) is 0 Å². The number of likely N-dealkylation sites (N-methyl/N-ethyl adjacent to an activating group) is 1. The molecule has 0 unspecified atom stereocenters. The number of hydrogen-bond donors (Lipinski definition) is 3. The second-order valence-electron chi connectivity index (χ2n) is 11.9. The molecule has 0 aliphatic carbocycles. The van der Waals surface area contributed by atoms with E-state index in [9.17, 15) is 22.8 Å². The first-order chi connectivity index (χ1) is 22.5. The lowest BCUT2D eigenvalue weighted by atomic mass is 9.92. The number of hydrogen-bond acceptors (Lipinski definition) is 8. The number of nitrogens with zero attached hydrogens (tertiary/aromatic N) is 6. The highest BCUT2D eigenvalue weighted by molar-refractivity contribution is 5.98. The number of alkyl halides is 3. The zero-order valence-electron chi connectivity index (χ0n) is 26.3. The highest BCUT2D eigenvalue weighted by Crippen LogP contribution is 2.36. The van der Waals surface area contributed by atoms with Gasteiger partial charge in [0.05, 0.1) is 22.8 Å². The highest BCUT2D eigenvalue weighted by Gasteiger charge is 2.35. The molecule has 1 fully saturated rings. The molecule has 5 heterocycles. The minimum absolute atomic E-state index is 0.0777. The lowest BCUT2D eigenvalue weighted by Gasteiger charge is -2.34. The van der Waals surface area contributed by atoms with Gasteiger partial charge in [0.15, 0.2) is 0 Å². The Morgan fingerprint density at radius 1 is 1.09 bits per heavy atom. The Balaban J connectivity index is 1.19. The second kappa shape index (κ2) is 13.2. The normalized spacial score (nSPS) is 17.4. The van der Waals surface area contributed by atoms with Gasteiger partial charge >= 0.3 is 12.2 Å². The number of benzene rings is 1. The van der Waals surface area contributed by atoms with Gasteiger partial charge < -0.3 is 30.2 Å². The van der Waals surface area contributed by atoms with E-state index in [2.05, 4.69) is 35.5 Å². The first kappa shape index (κ1) is 32.2. The van der Waals surface area contributed by atoms with Crippen molar-refractivity contribution in [3.05, 3.63) is 70.9 Å². The van der Waals surface area contributed by atoms with Crippen LogP contribution in [0.1, 0.15) is 52.1 Å². The standard InChI is InChI=1S/C32H36F3N9O3/c1-4-19-16-44(31(46)40-22-6-5-20(25(12-22)32(33,34)35)15-43-9-7-42(3)8-10-43)17-21-11-23(14-37-27(19)21)47-30-24-13-26(29(45)36-2)41-28(24)38-18-39-30/h5-6,11-14,18-19H,4,7-10,15-17H2,1-3H3,(H,36,45)(H,40,46)(H,38,39,41)/t19-/m0/s1. The molecule has 1 atom stereocenters. The van der Waals surface area contributed by atoms with Crippen LogP contribution in [0.4, 0.5) is 23.7 Å². The number of rotatable bonds is 7. The monoisotopic (exact) mass is 651 g/mol. The molecular weight excluding hydrogens is 615 g/mol. The molecule has 2 aliphatic heterocycles. The first-order valence-corrected chi connectivity index (χ1v) is 15.4. The van der Waals surface area contributed by atoms with Crippen LogP contribution in [0.15, 0.2) is 42.9 Å². The number of piperazine rings is 1. The minimum Gasteiger partial charge on any atom is -0.437 e. The molecule has 3 aromatic heterocycles. The van der Waals surface area contributed by atoms with Crippen LogP contribution in [0.25, 0.3) is 11.0 Å². The van der Waals surface area contributed by atoms with E-state index >= 15 is 0 Å². The summed E-state index contributed by atoms with van der Waals surface area (Å²) < 4.78 is 48.5. The Hall–Kier alpha value is -4.76. The number of pyridine rings is 1. The summed E-state index contributed by atoms with van der Waals surface area (Å²) in [6, 6.07) is 6.87. The smallest absolute Gasteiger partial charge is 0.416 e. The molecule has 4 aromatic rings. The van der Waals surface area contributed by atoms with Gasteiger partial charge in [-0.3, -0.25) is 14.7 Å². The number of fused-ring (bicyclic) bond motifs is 2. The van der Waals surface area contributed by atoms with Crippen LogP contribution in [0, 0.1) is 0 Å². The van der Waals surface area contributed by atoms with Crippen molar-refractivity contribution in [3.63, 3.8) is 0 Å². The van der Waals surface area contributed by atoms with Crippen molar-refractivity contribution in [1.29, 1.82) is 0 Å². The average molecular weight is 652 g/mol. The zero-order valence-corrected chi connectivity index (χ0v) is 26.3. The molecule has 248 valence electrons. The van der Waals surface area contributed by atoms with Gasteiger partial charge in [0.25, 0.3) is 5.91 Å². The molecular formula is C32H36F3N9O3. The number of carbonyl (C=O) groups is 2. The van der Waals surface area contributed by atoms with E-state index in [0.29, 0.717) is 48.5 Å². The number of H-pyrrole nitrogens is 1. The Morgan fingerprint density at radius 3 is 2.60 bits per heavy atom. The molecule has 15 heteroatoms. The summed E-state index contributed by atoms with van der Waals surface area (Å²) >= 11 is 0. The molecule has 0 bridgehead atoms. The van der Waals surface area contributed by atoms with E-state index < -0.39 is 17.8 Å². The molecule has 12 nitrogen and oxygen atoms in total. The van der Waals surface area contributed by atoms with Gasteiger partial charge in [-0.25, -0.2) is 14.8 Å². The largest absolute Gasteiger partial charge is 0.437 e. The summed E-state index contributed by atoms with van der Waals surface area (Å²) in [4.78, 5) is 47.3. The van der Waals surface area contributed by atoms with Crippen molar-refractivity contribution >= 4 is 28.7 Å². The molecule has 2 aliphatic rings. The van der Waals surface area contributed by atoms with E-state index in [1.807, 2.05) is 18.9 Å². The predicted molar refractivity (Wildman–Crippen MR) is 168 cm³/mol. The Kier molecular flexibility index (Phi) is 9.01. The molecule has 3 amide bonds. The fraction of sp³-hybridized carbons (Fsp3) is 0.406. The van der Waals surface area contributed by atoms with Gasteiger partial charge in [-0.05, 0) is 48.9 Å². The second-order valence-corrected chi connectivity index (χ2v) is 11.9. The highest BCUT2D eigenvalue weighted by atomic mass is 19.4. The van der Waals surface area contributed by atoms with Crippen molar-refractivity contribution in [1.82, 2.24) is 40.0 Å². The van der Waals surface area contributed by atoms with Crippen molar-refractivity contribution in [2.75, 3.05) is 52.1 Å². The Morgan fingerprint density at radius 2 is 1.87 bits per heavy atom. The summed E-state index contributed by atoms with van der Waals surface area (Å²) in [6.45, 7) is 5.70. The molecule has 3 N–H and O–H groups in total. The number of aromatic amines is 1. The Bertz CT molecular complexity index is 1790. The van der Waals surface area contributed by atoms with E-state index in [1.54, 1.807) is 23.2 Å². The quantitative estimate of drug-likeness (QED) is 0.260. The average Bonchev–Trinajstić information content (AvgIpc) is 3.50. The van der Waals surface area contributed by atoms with E-state index in [1.165, 1.54) is 25.5 Å². The summed E-state index contributed by atoms with van der Waals surface area (Å²) in [5, 5.41) is 5.74. The molecule has 1 saturated heterocycles. The molecule has 0 radical (unpaired) electrons. The number of anilines is 1. The van der Waals surface area contributed by atoms with E-state index in [0.717, 1.165) is 30.4 Å².